The molecule has 1 aromatic heterocycles. The molecule has 0 bridgehead atoms. The lowest BCUT2D eigenvalue weighted by atomic mass is 9.97. The molecule has 1 aliphatic heterocycles. The van der Waals surface area contributed by atoms with Gasteiger partial charge in [-0.3, -0.25) is 9.78 Å². The summed E-state index contributed by atoms with van der Waals surface area (Å²) in [5, 5.41) is 4.40. The minimum absolute atomic E-state index is 0.0683. The van der Waals surface area contributed by atoms with E-state index < -0.39 is 0 Å². The lowest BCUT2D eigenvalue weighted by Gasteiger charge is -2.24. The predicted octanol–water partition coefficient (Wildman–Crippen LogP) is 4.36. The molecular weight excluding hydrogens is 412 g/mol. The zero-order valence-corrected chi connectivity index (χ0v) is 20.3. The number of nitrogens with zero attached hydrogens (tertiary/aromatic N) is 3. The highest BCUT2D eigenvalue weighted by molar-refractivity contribution is 5.97. The maximum absolute atomic E-state index is 13.1. The van der Waals surface area contributed by atoms with Crippen molar-refractivity contribution in [2.24, 2.45) is 0 Å². The van der Waals surface area contributed by atoms with E-state index in [0.717, 1.165) is 40.6 Å². The molecule has 0 spiro atoms. The number of rotatable bonds is 5. The van der Waals surface area contributed by atoms with E-state index in [1.54, 1.807) is 13.2 Å². The number of carbonyl (C=O) groups is 1. The number of benzene rings is 2. The van der Waals surface area contributed by atoms with Gasteiger partial charge in [0.25, 0.3) is 5.91 Å². The van der Waals surface area contributed by atoms with Gasteiger partial charge in [-0.15, -0.1) is 0 Å². The highest BCUT2D eigenvalue weighted by Crippen LogP contribution is 2.49. The second-order valence-electron chi connectivity index (χ2n) is 9.33. The molecule has 33 heavy (non-hydrogen) atoms. The van der Waals surface area contributed by atoms with E-state index in [9.17, 15) is 4.79 Å². The first-order valence-electron chi connectivity index (χ1n) is 11.6. The van der Waals surface area contributed by atoms with Gasteiger partial charge in [0.15, 0.2) is 0 Å². The van der Waals surface area contributed by atoms with Crippen molar-refractivity contribution in [3.8, 4) is 5.75 Å². The summed E-state index contributed by atoms with van der Waals surface area (Å²) in [6.07, 6.45) is 5.06. The Labute approximate surface area is 196 Å². The van der Waals surface area contributed by atoms with Crippen molar-refractivity contribution in [2.45, 2.75) is 31.7 Å². The number of nitrogens with one attached hydrogen (secondary N) is 1. The number of anilines is 1. The van der Waals surface area contributed by atoms with Crippen LogP contribution in [0, 0.1) is 6.92 Å². The maximum Gasteiger partial charge on any atom is 0.252 e. The molecule has 1 saturated carbocycles. The third-order valence-electron chi connectivity index (χ3n) is 6.61. The summed E-state index contributed by atoms with van der Waals surface area (Å²) in [5.74, 6) is 0.617. The Hall–Kier alpha value is -3.12. The van der Waals surface area contributed by atoms with Crippen LogP contribution in [0.4, 0.5) is 5.69 Å². The number of amides is 1. The number of hydrogen-bond acceptors (Lipinski definition) is 5. The quantitative estimate of drug-likeness (QED) is 0.631. The number of fused-ring (bicyclic) bond motifs is 1. The number of ether oxygens (including phenoxy) is 1. The van der Waals surface area contributed by atoms with Gasteiger partial charge >= 0.3 is 0 Å². The molecule has 1 aliphatic carbocycles. The molecule has 5 rings (SSSR count). The van der Waals surface area contributed by atoms with E-state index in [1.165, 1.54) is 19.5 Å². The summed E-state index contributed by atoms with van der Waals surface area (Å²) >= 11 is 0. The summed E-state index contributed by atoms with van der Waals surface area (Å²) in [6, 6.07) is 13.9. The third-order valence-corrected chi connectivity index (χ3v) is 6.61. The molecule has 0 radical (unpaired) electrons. The van der Waals surface area contributed by atoms with Crippen LogP contribution in [0.2, 0.25) is 0 Å². The number of carbonyl (C=O) groups excluding carboxylic acids is 1. The van der Waals surface area contributed by atoms with Crippen molar-refractivity contribution in [1.82, 2.24) is 15.2 Å². The van der Waals surface area contributed by atoms with Gasteiger partial charge in [0.1, 0.15) is 5.75 Å². The lowest BCUT2D eigenvalue weighted by Crippen LogP contribution is -2.35. The minimum atomic E-state index is -0.347. The van der Waals surface area contributed by atoms with Crippen LogP contribution in [0.3, 0.4) is 0 Å². The molecule has 1 amide bonds. The zero-order chi connectivity index (χ0) is 23.6. The van der Waals surface area contributed by atoms with Crippen molar-refractivity contribution in [2.75, 3.05) is 46.2 Å². The Morgan fingerprint density at radius 3 is 2.45 bits per heavy atom. The van der Waals surface area contributed by atoms with Gasteiger partial charge in [0.2, 0.25) is 0 Å². The molecule has 6 nitrogen and oxygen atoms in total. The Morgan fingerprint density at radius 1 is 1.15 bits per heavy atom. The van der Waals surface area contributed by atoms with Crippen LogP contribution in [-0.4, -0.2) is 57.1 Å². The SMILES string of the molecule is CN1CCC1.COc1ccc(C)c(C(=O)NC2(c3cc(N(C)C)cc4ncccc34)CC2)c1. The molecule has 3 aromatic rings. The van der Waals surface area contributed by atoms with Crippen molar-refractivity contribution in [3.05, 3.63) is 65.4 Å². The van der Waals surface area contributed by atoms with Crippen molar-refractivity contribution >= 4 is 22.5 Å². The van der Waals surface area contributed by atoms with Gasteiger partial charge in [-0.2, -0.15) is 0 Å². The predicted molar refractivity (Wildman–Crippen MR) is 134 cm³/mol. The zero-order valence-electron chi connectivity index (χ0n) is 20.3. The number of likely N-dealkylation sites (tertiary alicyclic amines) is 1. The molecule has 2 fully saturated rings. The summed E-state index contributed by atoms with van der Waals surface area (Å²) in [5.41, 5.74) is 4.40. The fourth-order valence-corrected chi connectivity index (χ4v) is 4.14. The van der Waals surface area contributed by atoms with Gasteiger partial charge in [0, 0.05) is 36.9 Å². The van der Waals surface area contributed by atoms with Crippen LogP contribution in [0.5, 0.6) is 5.75 Å². The van der Waals surface area contributed by atoms with E-state index in [0.29, 0.717) is 11.3 Å². The van der Waals surface area contributed by atoms with Gasteiger partial charge < -0.3 is 19.9 Å². The summed E-state index contributed by atoms with van der Waals surface area (Å²) < 4.78 is 5.30. The number of aryl methyl sites for hydroxylation is 1. The molecule has 1 N–H and O–H groups in total. The summed E-state index contributed by atoms with van der Waals surface area (Å²) in [6.45, 7) is 4.58. The monoisotopic (exact) mass is 446 g/mol. The van der Waals surface area contributed by atoms with Crippen LogP contribution in [0.25, 0.3) is 10.9 Å². The lowest BCUT2D eigenvalue weighted by molar-refractivity contribution is 0.0930. The first-order chi connectivity index (χ1) is 15.8. The average Bonchev–Trinajstić information content (AvgIpc) is 3.57. The van der Waals surface area contributed by atoms with Crippen molar-refractivity contribution in [1.29, 1.82) is 0 Å². The van der Waals surface area contributed by atoms with E-state index in [2.05, 4.69) is 45.3 Å². The Kier molecular flexibility index (Phi) is 6.56. The fourth-order valence-electron chi connectivity index (χ4n) is 4.14. The number of methoxy groups -OCH3 is 1. The number of hydrogen-bond donors (Lipinski definition) is 1. The van der Waals surface area contributed by atoms with Crippen molar-refractivity contribution < 1.29 is 9.53 Å². The largest absolute Gasteiger partial charge is 0.497 e. The Bertz CT molecular complexity index is 1150. The molecule has 2 aliphatic rings. The van der Waals surface area contributed by atoms with Crippen molar-refractivity contribution in [3.63, 3.8) is 0 Å². The molecule has 2 heterocycles. The normalized spacial score (nSPS) is 16.3. The van der Waals surface area contributed by atoms with E-state index in [4.69, 9.17) is 4.74 Å². The van der Waals surface area contributed by atoms with Crippen LogP contribution >= 0.6 is 0 Å². The first kappa shape index (κ1) is 23.1. The topological polar surface area (TPSA) is 57.7 Å². The highest BCUT2D eigenvalue weighted by Gasteiger charge is 2.47. The standard InChI is InChI=1S/C23H25N3O2.C4H9N/c1-15-7-8-17(28-4)14-19(15)22(27)25-23(9-10-23)20-12-16(26(2)3)13-21-18(20)6-5-11-24-21;1-5-3-2-4-5/h5-8,11-14H,9-10H2,1-4H3,(H,25,27);2-4H2,1H3. The fraction of sp³-hybridized carbons (Fsp3) is 0.407. The minimum Gasteiger partial charge on any atom is -0.497 e. The summed E-state index contributed by atoms with van der Waals surface area (Å²) in [4.78, 5) is 22.0. The van der Waals surface area contributed by atoms with Crippen LogP contribution in [0.1, 0.15) is 40.7 Å². The highest BCUT2D eigenvalue weighted by atomic mass is 16.5. The Morgan fingerprint density at radius 2 is 1.88 bits per heavy atom. The second-order valence-corrected chi connectivity index (χ2v) is 9.33. The molecule has 0 atom stereocenters. The van der Waals surface area contributed by atoms with E-state index in [1.807, 2.05) is 45.4 Å². The number of aromatic nitrogens is 1. The smallest absolute Gasteiger partial charge is 0.252 e. The first-order valence-corrected chi connectivity index (χ1v) is 11.6. The van der Waals surface area contributed by atoms with Gasteiger partial charge in [0.05, 0.1) is 18.2 Å². The average molecular weight is 447 g/mol. The number of pyridine rings is 1. The molecule has 2 aromatic carbocycles. The molecule has 1 saturated heterocycles. The third kappa shape index (κ3) is 4.96. The molecule has 0 unspecified atom stereocenters. The molecular formula is C27H34N4O2. The maximum atomic E-state index is 13.1. The van der Waals surface area contributed by atoms with Crippen LogP contribution < -0.4 is 15.0 Å². The van der Waals surface area contributed by atoms with Crippen LogP contribution in [-0.2, 0) is 5.54 Å². The van der Waals surface area contributed by atoms with E-state index >= 15 is 0 Å². The van der Waals surface area contributed by atoms with Gasteiger partial charge in [-0.25, -0.2) is 0 Å². The van der Waals surface area contributed by atoms with Crippen LogP contribution in [0.15, 0.2) is 48.7 Å². The van der Waals surface area contributed by atoms with Gasteiger partial charge in [-0.1, -0.05) is 12.1 Å². The molecule has 174 valence electrons. The Balaban J connectivity index is 0.000000459. The molecule has 6 heteroatoms. The second kappa shape index (κ2) is 9.40. The van der Waals surface area contributed by atoms with E-state index in [-0.39, 0.29) is 11.4 Å². The summed E-state index contributed by atoms with van der Waals surface area (Å²) in [7, 11) is 7.79. The van der Waals surface area contributed by atoms with Gasteiger partial charge in [-0.05, 0) is 87.8 Å².